The number of sulfonamides is 1. The molecule has 0 amide bonds. The fourth-order valence-corrected chi connectivity index (χ4v) is 4.50. The topological polar surface area (TPSA) is 64.0 Å². The van der Waals surface area contributed by atoms with Gasteiger partial charge < -0.3 is 0 Å². The highest BCUT2D eigenvalue weighted by molar-refractivity contribution is 7.92. The molecule has 7 heteroatoms. The summed E-state index contributed by atoms with van der Waals surface area (Å²) in [6.07, 6.45) is 0. The molecule has 0 aliphatic heterocycles. The minimum absolute atomic E-state index is 0.196. The second kappa shape index (κ2) is 7.33. The van der Waals surface area contributed by atoms with E-state index in [1.165, 1.54) is 12.1 Å². The van der Waals surface area contributed by atoms with E-state index in [0.29, 0.717) is 23.6 Å². The first-order chi connectivity index (χ1) is 13.8. The van der Waals surface area contributed by atoms with Gasteiger partial charge in [-0.25, -0.2) is 12.8 Å². The van der Waals surface area contributed by atoms with Crippen molar-refractivity contribution < 1.29 is 12.8 Å². The molecule has 0 spiro atoms. The molecule has 148 valence electrons. The zero-order chi connectivity index (χ0) is 20.6. The second-order valence-corrected chi connectivity index (χ2v) is 8.63. The zero-order valence-corrected chi connectivity index (χ0v) is 16.9. The first-order valence-electron chi connectivity index (χ1n) is 9.13. The molecule has 1 heterocycles. The van der Waals surface area contributed by atoms with Crippen molar-refractivity contribution in [2.24, 2.45) is 0 Å². The van der Waals surface area contributed by atoms with Crippen LogP contribution in [0.1, 0.15) is 17.0 Å². The molecule has 0 radical (unpaired) electrons. The Kier molecular flexibility index (Phi) is 4.84. The van der Waals surface area contributed by atoms with Crippen molar-refractivity contribution >= 4 is 26.5 Å². The molecule has 1 aromatic heterocycles. The molecule has 0 saturated carbocycles. The lowest BCUT2D eigenvalue weighted by Crippen LogP contribution is -2.14. The number of halogens is 1. The lowest BCUT2D eigenvalue weighted by molar-refractivity contribution is 0.601. The van der Waals surface area contributed by atoms with Gasteiger partial charge in [0, 0.05) is 0 Å². The van der Waals surface area contributed by atoms with Crippen molar-refractivity contribution in [3.63, 3.8) is 0 Å². The molecule has 0 bridgehead atoms. The number of rotatable bonds is 5. The summed E-state index contributed by atoms with van der Waals surface area (Å²) in [7, 11) is -3.77. The maximum atomic E-state index is 13.1. The van der Waals surface area contributed by atoms with Crippen LogP contribution in [0, 0.1) is 19.7 Å². The molecule has 0 saturated heterocycles. The number of nitrogens with one attached hydrogen (secondary N) is 1. The van der Waals surface area contributed by atoms with Gasteiger partial charge in [0.2, 0.25) is 0 Å². The van der Waals surface area contributed by atoms with Crippen LogP contribution in [0.15, 0.2) is 71.6 Å². The highest BCUT2D eigenvalue weighted by Gasteiger charge is 2.20. The number of hydrogen-bond acceptors (Lipinski definition) is 3. The number of aromatic nitrogens is 2. The Morgan fingerprint density at radius 3 is 2.38 bits per heavy atom. The Bertz CT molecular complexity index is 1300. The molecule has 1 N–H and O–H groups in total. The first-order valence-corrected chi connectivity index (χ1v) is 10.6. The van der Waals surface area contributed by atoms with Crippen LogP contribution in [0.2, 0.25) is 0 Å². The van der Waals surface area contributed by atoms with Gasteiger partial charge in [-0.3, -0.25) is 9.40 Å². The van der Waals surface area contributed by atoms with Crippen LogP contribution in [-0.2, 0) is 16.6 Å². The van der Waals surface area contributed by atoms with Crippen LogP contribution >= 0.6 is 0 Å². The SMILES string of the molecule is Cc1nn(Cc2ccc(F)cc2)c(C)c1NS(=O)(=O)c1ccc2ccccc2c1. The first kappa shape index (κ1) is 19.1. The van der Waals surface area contributed by atoms with Gasteiger partial charge in [-0.05, 0) is 54.4 Å². The highest BCUT2D eigenvalue weighted by atomic mass is 32.2. The molecule has 0 aliphatic carbocycles. The van der Waals surface area contributed by atoms with E-state index in [-0.39, 0.29) is 10.7 Å². The molecule has 4 rings (SSSR count). The van der Waals surface area contributed by atoms with Gasteiger partial charge in [0.25, 0.3) is 10.0 Å². The van der Waals surface area contributed by atoms with Gasteiger partial charge >= 0.3 is 0 Å². The van der Waals surface area contributed by atoms with Gasteiger partial charge in [-0.15, -0.1) is 0 Å². The molecule has 0 fully saturated rings. The summed E-state index contributed by atoms with van der Waals surface area (Å²) >= 11 is 0. The predicted octanol–water partition coefficient (Wildman–Crippen LogP) is 4.64. The molecular weight excluding hydrogens is 389 g/mol. The summed E-state index contributed by atoms with van der Waals surface area (Å²) in [4.78, 5) is 0.196. The number of benzene rings is 3. The van der Waals surface area contributed by atoms with Crippen LogP contribution in [0.4, 0.5) is 10.1 Å². The van der Waals surface area contributed by atoms with Crippen molar-refractivity contribution in [3.8, 4) is 0 Å². The van der Waals surface area contributed by atoms with Crippen molar-refractivity contribution in [1.29, 1.82) is 0 Å². The van der Waals surface area contributed by atoms with E-state index in [0.717, 1.165) is 16.3 Å². The van der Waals surface area contributed by atoms with E-state index in [9.17, 15) is 12.8 Å². The van der Waals surface area contributed by atoms with Crippen molar-refractivity contribution in [3.05, 3.63) is 89.5 Å². The number of fused-ring (bicyclic) bond motifs is 1. The maximum Gasteiger partial charge on any atom is 0.262 e. The fourth-order valence-electron chi connectivity index (χ4n) is 3.29. The molecule has 0 aliphatic rings. The second-order valence-electron chi connectivity index (χ2n) is 6.94. The molecule has 0 unspecified atom stereocenters. The van der Waals surface area contributed by atoms with E-state index in [1.54, 1.807) is 41.9 Å². The van der Waals surface area contributed by atoms with E-state index in [4.69, 9.17) is 0 Å². The predicted molar refractivity (Wildman–Crippen MR) is 112 cm³/mol. The van der Waals surface area contributed by atoms with Gasteiger partial charge in [-0.2, -0.15) is 5.10 Å². The average molecular weight is 409 g/mol. The third-order valence-electron chi connectivity index (χ3n) is 4.89. The minimum atomic E-state index is -3.77. The smallest absolute Gasteiger partial charge is 0.262 e. The summed E-state index contributed by atoms with van der Waals surface area (Å²) in [6, 6.07) is 18.8. The summed E-state index contributed by atoms with van der Waals surface area (Å²) in [5.41, 5.74) is 2.60. The van der Waals surface area contributed by atoms with E-state index in [1.807, 2.05) is 31.2 Å². The average Bonchev–Trinajstić information content (AvgIpc) is 2.96. The largest absolute Gasteiger partial charge is 0.276 e. The Hall–Kier alpha value is -3.19. The Morgan fingerprint density at radius 2 is 1.66 bits per heavy atom. The minimum Gasteiger partial charge on any atom is -0.276 e. The van der Waals surface area contributed by atoms with E-state index >= 15 is 0 Å². The van der Waals surface area contributed by atoms with Gasteiger partial charge in [0.05, 0.1) is 28.5 Å². The summed E-state index contributed by atoms with van der Waals surface area (Å²) in [5.74, 6) is -0.300. The van der Waals surface area contributed by atoms with Crippen molar-refractivity contribution in [2.75, 3.05) is 4.72 Å². The summed E-state index contributed by atoms with van der Waals surface area (Å²) < 4.78 is 43.4. The van der Waals surface area contributed by atoms with Crippen molar-refractivity contribution in [1.82, 2.24) is 9.78 Å². The summed E-state index contributed by atoms with van der Waals surface area (Å²) in [6.45, 7) is 3.98. The Balaban J connectivity index is 1.64. The molecule has 5 nitrogen and oxygen atoms in total. The van der Waals surface area contributed by atoms with Crippen LogP contribution in [0.3, 0.4) is 0 Å². The van der Waals surface area contributed by atoms with E-state index in [2.05, 4.69) is 9.82 Å². The maximum absolute atomic E-state index is 13.1. The standard InChI is InChI=1S/C22H20FN3O2S/c1-15-22(16(2)26(24-15)14-17-7-10-20(23)11-8-17)25-29(27,28)21-12-9-18-5-3-4-6-19(18)13-21/h3-13,25H,14H2,1-2H3. The van der Waals surface area contributed by atoms with Crippen LogP contribution in [-0.4, -0.2) is 18.2 Å². The number of nitrogens with zero attached hydrogens (tertiary/aromatic N) is 2. The Labute approximate surface area is 168 Å². The number of hydrogen-bond donors (Lipinski definition) is 1. The van der Waals surface area contributed by atoms with Gasteiger partial charge in [-0.1, -0.05) is 42.5 Å². The lowest BCUT2D eigenvalue weighted by atomic mass is 10.1. The normalized spacial score (nSPS) is 11.7. The zero-order valence-electron chi connectivity index (χ0n) is 16.1. The Morgan fingerprint density at radius 1 is 0.966 bits per heavy atom. The molecular formula is C22H20FN3O2S. The van der Waals surface area contributed by atoms with Gasteiger partial charge in [0.15, 0.2) is 0 Å². The number of anilines is 1. The van der Waals surface area contributed by atoms with Crippen LogP contribution < -0.4 is 4.72 Å². The highest BCUT2D eigenvalue weighted by Crippen LogP contribution is 2.26. The summed E-state index contributed by atoms with van der Waals surface area (Å²) in [5, 5.41) is 6.29. The monoisotopic (exact) mass is 409 g/mol. The van der Waals surface area contributed by atoms with E-state index < -0.39 is 10.0 Å². The third-order valence-corrected chi connectivity index (χ3v) is 6.24. The third kappa shape index (κ3) is 3.86. The van der Waals surface area contributed by atoms with Crippen LogP contribution in [0.5, 0.6) is 0 Å². The quantitative estimate of drug-likeness (QED) is 0.522. The fraction of sp³-hybridized carbons (Fsp3) is 0.136. The van der Waals surface area contributed by atoms with Crippen molar-refractivity contribution in [2.45, 2.75) is 25.3 Å². The number of aryl methyl sites for hydroxylation is 1. The molecule has 29 heavy (non-hydrogen) atoms. The lowest BCUT2D eigenvalue weighted by Gasteiger charge is -2.10. The molecule has 4 aromatic rings. The molecule has 3 aromatic carbocycles. The van der Waals surface area contributed by atoms with Crippen LogP contribution in [0.25, 0.3) is 10.8 Å². The molecule has 0 atom stereocenters. The van der Waals surface area contributed by atoms with Gasteiger partial charge in [0.1, 0.15) is 5.82 Å².